The Bertz CT molecular complexity index is 454. The van der Waals surface area contributed by atoms with Crippen LogP contribution in [0.15, 0.2) is 24.3 Å². The van der Waals surface area contributed by atoms with E-state index in [1.807, 2.05) is 57.1 Å². The standard InChI is InChI=1S/C14H21N3OS/c1-9(2)12(13(15)19)14(18)16-10-5-7-11(8-6-10)17(3)4/h5-9,12H,1-4H3,(H2,15,19)(H,16,18). The van der Waals surface area contributed by atoms with Crippen molar-refractivity contribution in [2.45, 2.75) is 13.8 Å². The minimum Gasteiger partial charge on any atom is -0.393 e. The summed E-state index contributed by atoms with van der Waals surface area (Å²) in [6.07, 6.45) is 0. The third kappa shape index (κ3) is 4.21. The Morgan fingerprint density at radius 1 is 1.26 bits per heavy atom. The zero-order valence-electron chi connectivity index (χ0n) is 11.8. The second kappa shape index (κ2) is 6.52. The van der Waals surface area contributed by atoms with E-state index < -0.39 is 5.92 Å². The highest BCUT2D eigenvalue weighted by Crippen LogP contribution is 2.18. The maximum absolute atomic E-state index is 12.1. The van der Waals surface area contributed by atoms with Gasteiger partial charge in [0.1, 0.15) is 0 Å². The predicted octanol–water partition coefficient (Wildman–Crippen LogP) is 2.25. The lowest BCUT2D eigenvalue weighted by Crippen LogP contribution is -2.36. The molecule has 0 fully saturated rings. The van der Waals surface area contributed by atoms with Crippen molar-refractivity contribution in [3.05, 3.63) is 24.3 Å². The lowest BCUT2D eigenvalue weighted by Gasteiger charge is -2.19. The third-order valence-corrected chi connectivity index (χ3v) is 3.16. The maximum atomic E-state index is 12.1. The van der Waals surface area contributed by atoms with Crippen molar-refractivity contribution in [2.75, 3.05) is 24.3 Å². The van der Waals surface area contributed by atoms with E-state index in [0.717, 1.165) is 11.4 Å². The van der Waals surface area contributed by atoms with Crippen molar-refractivity contribution >= 4 is 34.5 Å². The van der Waals surface area contributed by atoms with Crippen molar-refractivity contribution in [3.8, 4) is 0 Å². The Hall–Kier alpha value is -1.62. The number of amides is 1. The summed E-state index contributed by atoms with van der Waals surface area (Å²) in [5.74, 6) is -0.512. The van der Waals surface area contributed by atoms with Crippen molar-refractivity contribution in [3.63, 3.8) is 0 Å². The highest BCUT2D eigenvalue weighted by Gasteiger charge is 2.24. The van der Waals surface area contributed by atoms with Crippen LogP contribution in [-0.2, 0) is 4.79 Å². The summed E-state index contributed by atoms with van der Waals surface area (Å²) in [5, 5.41) is 2.85. The lowest BCUT2D eigenvalue weighted by atomic mass is 9.95. The number of hydrogen-bond acceptors (Lipinski definition) is 3. The molecule has 0 aliphatic rings. The van der Waals surface area contributed by atoms with Crippen LogP contribution in [0.3, 0.4) is 0 Å². The normalized spacial score (nSPS) is 12.1. The monoisotopic (exact) mass is 279 g/mol. The first kappa shape index (κ1) is 15.4. The Balaban J connectivity index is 2.78. The molecule has 1 unspecified atom stereocenters. The van der Waals surface area contributed by atoms with Gasteiger partial charge in [-0.25, -0.2) is 0 Å². The summed E-state index contributed by atoms with van der Waals surface area (Å²) >= 11 is 4.95. The van der Waals surface area contributed by atoms with Gasteiger partial charge in [-0.05, 0) is 30.2 Å². The number of nitrogens with one attached hydrogen (secondary N) is 1. The topological polar surface area (TPSA) is 58.4 Å². The molecule has 1 aromatic rings. The van der Waals surface area contributed by atoms with Crippen LogP contribution < -0.4 is 16.0 Å². The largest absolute Gasteiger partial charge is 0.393 e. The van der Waals surface area contributed by atoms with Crippen molar-refractivity contribution in [1.29, 1.82) is 0 Å². The van der Waals surface area contributed by atoms with E-state index in [1.165, 1.54) is 0 Å². The molecule has 0 aliphatic carbocycles. The van der Waals surface area contributed by atoms with E-state index in [-0.39, 0.29) is 16.8 Å². The number of hydrogen-bond donors (Lipinski definition) is 2. The molecule has 0 saturated carbocycles. The SMILES string of the molecule is CC(C)C(C(=O)Nc1ccc(N(C)C)cc1)C(N)=S. The molecule has 1 rings (SSSR count). The van der Waals surface area contributed by atoms with Gasteiger partial charge >= 0.3 is 0 Å². The molecule has 104 valence electrons. The molecule has 4 nitrogen and oxygen atoms in total. The number of nitrogens with zero attached hydrogens (tertiary/aromatic N) is 1. The lowest BCUT2D eigenvalue weighted by molar-refractivity contribution is -0.118. The van der Waals surface area contributed by atoms with E-state index in [4.69, 9.17) is 18.0 Å². The Labute approximate surface area is 120 Å². The number of thiocarbonyl (C=S) groups is 1. The fourth-order valence-electron chi connectivity index (χ4n) is 1.82. The summed E-state index contributed by atoms with van der Waals surface area (Å²) in [6.45, 7) is 3.86. The van der Waals surface area contributed by atoms with Crippen LogP contribution in [0, 0.1) is 11.8 Å². The van der Waals surface area contributed by atoms with Gasteiger partial charge in [0.25, 0.3) is 0 Å². The Morgan fingerprint density at radius 2 is 1.79 bits per heavy atom. The molecule has 0 radical (unpaired) electrons. The Kier molecular flexibility index (Phi) is 5.30. The van der Waals surface area contributed by atoms with Gasteiger partial charge in [-0.2, -0.15) is 0 Å². The molecule has 0 saturated heterocycles. The highest BCUT2D eigenvalue weighted by atomic mass is 32.1. The molecule has 1 amide bonds. The summed E-state index contributed by atoms with van der Waals surface area (Å²) in [6, 6.07) is 7.62. The molecule has 1 atom stereocenters. The van der Waals surface area contributed by atoms with Gasteiger partial charge in [-0.1, -0.05) is 26.1 Å². The Morgan fingerprint density at radius 3 is 2.16 bits per heavy atom. The van der Waals surface area contributed by atoms with Crippen LogP contribution >= 0.6 is 12.2 Å². The molecule has 1 aromatic carbocycles. The number of carbonyl (C=O) groups is 1. The molecule has 3 N–H and O–H groups in total. The minimum atomic E-state index is -0.441. The molecule has 5 heteroatoms. The zero-order chi connectivity index (χ0) is 14.6. The van der Waals surface area contributed by atoms with E-state index >= 15 is 0 Å². The summed E-state index contributed by atoms with van der Waals surface area (Å²) < 4.78 is 0. The summed E-state index contributed by atoms with van der Waals surface area (Å²) in [4.78, 5) is 14.4. The first-order chi connectivity index (χ1) is 8.82. The van der Waals surface area contributed by atoms with Gasteiger partial charge in [0.15, 0.2) is 0 Å². The molecule has 0 aromatic heterocycles. The van der Waals surface area contributed by atoms with Gasteiger partial charge in [-0.15, -0.1) is 0 Å². The first-order valence-corrected chi connectivity index (χ1v) is 6.61. The average molecular weight is 279 g/mol. The minimum absolute atomic E-state index is 0.0820. The van der Waals surface area contributed by atoms with Gasteiger partial charge in [0, 0.05) is 25.5 Å². The van der Waals surface area contributed by atoms with Crippen molar-refractivity contribution in [1.82, 2.24) is 0 Å². The van der Waals surface area contributed by atoms with Gasteiger partial charge < -0.3 is 16.0 Å². The van der Waals surface area contributed by atoms with Gasteiger partial charge in [0.2, 0.25) is 5.91 Å². The zero-order valence-corrected chi connectivity index (χ0v) is 12.6. The average Bonchev–Trinajstić information content (AvgIpc) is 2.28. The number of rotatable bonds is 5. The van der Waals surface area contributed by atoms with Crippen LogP contribution in [0.25, 0.3) is 0 Å². The van der Waals surface area contributed by atoms with Crippen LogP contribution in [0.4, 0.5) is 11.4 Å². The maximum Gasteiger partial charge on any atom is 0.234 e. The summed E-state index contributed by atoms with van der Waals surface area (Å²) in [7, 11) is 3.93. The smallest absolute Gasteiger partial charge is 0.234 e. The van der Waals surface area contributed by atoms with E-state index in [0.29, 0.717) is 0 Å². The number of anilines is 2. The molecule has 0 bridgehead atoms. The second-order valence-electron chi connectivity index (χ2n) is 5.05. The fourth-order valence-corrected chi connectivity index (χ4v) is 2.20. The third-order valence-electron chi connectivity index (χ3n) is 2.91. The molecular weight excluding hydrogens is 258 g/mol. The number of nitrogens with two attached hydrogens (primary N) is 1. The quantitative estimate of drug-likeness (QED) is 0.812. The number of benzene rings is 1. The van der Waals surface area contributed by atoms with Crippen molar-refractivity contribution < 1.29 is 4.79 Å². The second-order valence-corrected chi connectivity index (χ2v) is 5.53. The molecule has 0 aliphatic heterocycles. The van der Waals surface area contributed by atoms with E-state index in [9.17, 15) is 4.79 Å². The first-order valence-electron chi connectivity index (χ1n) is 6.20. The van der Waals surface area contributed by atoms with Crippen LogP contribution in [-0.4, -0.2) is 25.0 Å². The van der Waals surface area contributed by atoms with Crippen molar-refractivity contribution in [2.24, 2.45) is 17.6 Å². The van der Waals surface area contributed by atoms with Gasteiger partial charge in [0.05, 0.1) is 10.9 Å². The number of carbonyl (C=O) groups excluding carboxylic acids is 1. The molecule has 0 heterocycles. The molecule has 19 heavy (non-hydrogen) atoms. The predicted molar refractivity (Wildman–Crippen MR) is 84.5 cm³/mol. The molecule has 0 spiro atoms. The highest BCUT2D eigenvalue weighted by molar-refractivity contribution is 7.80. The van der Waals surface area contributed by atoms with Crippen LogP contribution in [0.5, 0.6) is 0 Å². The van der Waals surface area contributed by atoms with E-state index in [2.05, 4.69) is 5.32 Å². The fraction of sp³-hybridized carbons (Fsp3) is 0.429. The van der Waals surface area contributed by atoms with E-state index in [1.54, 1.807) is 0 Å². The van der Waals surface area contributed by atoms with Crippen LogP contribution in [0.2, 0.25) is 0 Å². The molecular formula is C14H21N3OS. The van der Waals surface area contributed by atoms with Crippen LogP contribution in [0.1, 0.15) is 13.8 Å². The van der Waals surface area contributed by atoms with Gasteiger partial charge in [-0.3, -0.25) is 4.79 Å². The summed E-state index contributed by atoms with van der Waals surface area (Å²) in [5.41, 5.74) is 7.44.